The van der Waals surface area contributed by atoms with Crippen LogP contribution in [0.1, 0.15) is 77.7 Å². The van der Waals surface area contributed by atoms with E-state index in [2.05, 4.69) is 61.7 Å². The van der Waals surface area contributed by atoms with Crippen molar-refractivity contribution >= 4 is 77.9 Å². The van der Waals surface area contributed by atoms with E-state index >= 15 is 0 Å². The zero-order valence-electron chi connectivity index (χ0n) is 27.8. The molecule has 0 saturated carbocycles. The van der Waals surface area contributed by atoms with Crippen LogP contribution in [0.3, 0.4) is 0 Å². The summed E-state index contributed by atoms with van der Waals surface area (Å²) in [6.07, 6.45) is 2.43. The number of rotatable bonds is 6. The second-order valence-corrected chi connectivity index (χ2v) is 12.2. The third-order valence-corrected chi connectivity index (χ3v) is 9.72. The molecule has 9 nitrogen and oxygen atoms in total. The van der Waals surface area contributed by atoms with Gasteiger partial charge in [-0.1, -0.05) is 13.8 Å². The largest absolute Gasteiger partial charge is 0.469 e. The molecule has 2 N–H and O–H groups in total. The Morgan fingerprint density at radius 1 is 0.745 bits per heavy atom. The number of methoxy groups -OCH3 is 2. The maximum absolute atomic E-state index is 12.7. The van der Waals surface area contributed by atoms with Crippen molar-refractivity contribution in [3.8, 4) is 0 Å². The highest BCUT2D eigenvalue weighted by atomic mass is 16.5. The number of ether oxygens (including phenoxy) is 2. The quantitative estimate of drug-likeness (QED) is 0.179. The number of aromatic amines is 2. The molecular weight excluding hydrogens is 590 g/mol. The van der Waals surface area contributed by atoms with Gasteiger partial charge in [-0.15, -0.1) is 0 Å². The van der Waals surface area contributed by atoms with Crippen LogP contribution in [-0.2, 0) is 27.1 Å². The number of hydrogen-bond acceptors (Lipinski definition) is 7. The van der Waals surface area contributed by atoms with E-state index in [1.54, 1.807) is 6.07 Å². The number of H-pyrrole nitrogens is 2. The summed E-state index contributed by atoms with van der Waals surface area (Å²) in [6.45, 7) is 10.7. The standard InChI is InChI=1S/C38H37N5O4/c1-8-21-18(3)27-16-30-22(9-2)20(5)36(42-30)24-10-12-26-35-25(14-33(39-26)38(45)47-7)32(43-37(24)35)17-31-23(11-13-34(44)46-6)19(4)28(41-31)15-29(21)40-27/h10,12,14-17,40-41H,8-9,11,13H2,1-7H3. The number of aryl methyl sites for hydroxylation is 4. The van der Waals surface area contributed by atoms with Gasteiger partial charge < -0.3 is 19.4 Å². The Kier molecular flexibility index (Phi) is 7.42. The molecule has 0 aliphatic carbocycles. The second kappa shape index (κ2) is 11.5. The van der Waals surface area contributed by atoms with Gasteiger partial charge in [-0.2, -0.15) is 0 Å². The Balaban J connectivity index is 1.71. The van der Waals surface area contributed by atoms with Crippen LogP contribution in [0.5, 0.6) is 0 Å². The van der Waals surface area contributed by atoms with Crippen LogP contribution in [0.15, 0.2) is 36.4 Å². The maximum Gasteiger partial charge on any atom is 0.356 e. The number of carbonyl (C=O) groups is 2. The van der Waals surface area contributed by atoms with Crippen molar-refractivity contribution in [2.45, 2.75) is 60.3 Å². The number of allylic oxidation sites excluding steroid dienone is 2. The zero-order valence-corrected chi connectivity index (χ0v) is 27.8. The van der Waals surface area contributed by atoms with Gasteiger partial charge in [-0.25, -0.2) is 19.7 Å². The fraction of sp³-hybridized carbons (Fsp3) is 0.289. The highest BCUT2D eigenvalue weighted by Crippen LogP contribution is 2.40. The number of benzene rings is 1. The average molecular weight is 628 g/mol. The smallest absolute Gasteiger partial charge is 0.356 e. The molecule has 0 atom stereocenters. The molecule has 6 aromatic rings. The highest BCUT2D eigenvalue weighted by Gasteiger charge is 2.22. The van der Waals surface area contributed by atoms with E-state index < -0.39 is 5.97 Å². The van der Waals surface area contributed by atoms with E-state index in [0.717, 1.165) is 84.7 Å². The van der Waals surface area contributed by atoms with Crippen LogP contribution < -0.4 is 0 Å². The fourth-order valence-electron chi connectivity index (χ4n) is 7.17. The molecule has 0 amide bonds. The van der Waals surface area contributed by atoms with Crippen LogP contribution >= 0.6 is 0 Å². The van der Waals surface area contributed by atoms with Gasteiger partial charge in [-0.05, 0) is 110 Å². The number of nitrogens with one attached hydrogen (secondary N) is 2. The fourth-order valence-corrected chi connectivity index (χ4v) is 7.17. The number of nitrogens with zero attached hydrogens (tertiary/aromatic N) is 3. The van der Waals surface area contributed by atoms with Crippen LogP contribution in [0, 0.1) is 13.8 Å². The minimum absolute atomic E-state index is 0.211. The number of aromatic nitrogens is 5. The Hall–Kier alpha value is -5.31. The zero-order chi connectivity index (χ0) is 33.1. The minimum Gasteiger partial charge on any atom is -0.469 e. The third-order valence-electron chi connectivity index (χ3n) is 9.72. The first-order valence-corrected chi connectivity index (χ1v) is 16.0. The number of esters is 2. The molecular formula is C38H37N5O4. The molecule has 6 heterocycles. The van der Waals surface area contributed by atoms with E-state index in [-0.39, 0.29) is 18.1 Å². The van der Waals surface area contributed by atoms with Crippen molar-refractivity contribution in [3.05, 3.63) is 75.7 Å². The van der Waals surface area contributed by atoms with Crippen molar-refractivity contribution in [2.24, 2.45) is 0 Å². The van der Waals surface area contributed by atoms with Crippen molar-refractivity contribution in [1.29, 1.82) is 0 Å². The summed E-state index contributed by atoms with van der Waals surface area (Å²) in [5.74, 6) is -0.788. The SMILES string of the molecule is CCC1=C(C)c2nc1cc1[nH]c(cc3[nH]c(cc4nc5c2ccc2nc(C(=O)OC)cc4c25)c(CCC(=O)OC)c3C)c(CC)c1C. The lowest BCUT2D eigenvalue weighted by atomic mass is 10.0. The average Bonchev–Trinajstić information content (AvgIpc) is 3.77. The molecule has 7 rings (SSSR count). The van der Waals surface area contributed by atoms with Crippen LogP contribution in [0.4, 0.5) is 0 Å². The van der Waals surface area contributed by atoms with Gasteiger partial charge in [0.1, 0.15) is 5.69 Å². The van der Waals surface area contributed by atoms with Crippen molar-refractivity contribution in [1.82, 2.24) is 24.9 Å². The molecule has 0 fully saturated rings. The lowest BCUT2D eigenvalue weighted by Crippen LogP contribution is -2.04. The Bertz CT molecular complexity index is 2430. The van der Waals surface area contributed by atoms with Gasteiger partial charge in [-0.3, -0.25) is 4.79 Å². The van der Waals surface area contributed by atoms with Gasteiger partial charge in [0.15, 0.2) is 0 Å². The summed E-state index contributed by atoms with van der Waals surface area (Å²) < 4.78 is 10.0. The van der Waals surface area contributed by atoms with Crippen molar-refractivity contribution < 1.29 is 19.1 Å². The molecule has 1 aliphatic rings. The van der Waals surface area contributed by atoms with Crippen molar-refractivity contribution in [3.63, 3.8) is 0 Å². The first kappa shape index (κ1) is 30.3. The summed E-state index contributed by atoms with van der Waals surface area (Å²) in [5.41, 5.74) is 14.8. The molecule has 0 radical (unpaired) electrons. The normalized spacial score (nSPS) is 12.6. The summed E-state index contributed by atoms with van der Waals surface area (Å²) in [5, 5.41) is 2.56. The molecule has 238 valence electrons. The first-order valence-electron chi connectivity index (χ1n) is 16.0. The van der Waals surface area contributed by atoms with Gasteiger partial charge >= 0.3 is 11.9 Å². The molecule has 9 heteroatoms. The minimum atomic E-state index is -0.516. The van der Waals surface area contributed by atoms with E-state index in [1.807, 2.05) is 18.2 Å². The molecule has 0 saturated heterocycles. The highest BCUT2D eigenvalue weighted by molar-refractivity contribution is 6.22. The molecule has 1 aromatic carbocycles. The Morgan fingerprint density at radius 3 is 2.17 bits per heavy atom. The molecule has 8 bridgehead atoms. The van der Waals surface area contributed by atoms with Crippen LogP contribution in [0.2, 0.25) is 0 Å². The molecule has 0 unspecified atom stereocenters. The van der Waals surface area contributed by atoms with E-state index in [1.165, 1.54) is 30.9 Å². The summed E-state index contributed by atoms with van der Waals surface area (Å²) in [7, 11) is 2.76. The summed E-state index contributed by atoms with van der Waals surface area (Å²) in [4.78, 5) is 47.5. The lowest BCUT2D eigenvalue weighted by molar-refractivity contribution is -0.140. The predicted octanol–water partition coefficient (Wildman–Crippen LogP) is 8.14. The summed E-state index contributed by atoms with van der Waals surface area (Å²) in [6, 6.07) is 12.0. The number of carbonyl (C=O) groups excluding carboxylic acids is 2. The van der Waals surface area contributed by atoms with Gasteiger partial charge in [0.25, 0.3) is 0 Å². The first-order chi connectivity index (χ1) is 22.7. The van der Waals surface area contributed by atoms with Gasteiger partial charge in [0.05, 0.1) is 42.2 Å². The Morgan fingerprint density at radius 2 is 1.47 bits per heavy atom. The van der Waals surface area contributed by atoms with Gasteiger partial charge in [0.2, 0.25) is 0 Å². The summed E-state index contributed by atoms with van der Waals surface area (Å²) >= 11 is 0. The predicted molar refractivity (Wildman–Crippen MR) is 187 cm³/mol. The molecule has 5 aromatic heterocycles. The Labute approximate surface area is 271 Å². The van der Waals surface area contributed by atoms with Crippen LogP contribution in [0.25, 0.3) is 65.9 Å². The van der Waals surface area contributed by atoms with Crippen molar-refractivity contribution in [2.75, 3.05) is 14.2 Å². The maximum atomic E-state index is 12.7. The van der Waals surface area contributed by atoms with E-state index in [9.17, 15) is 9.59 Å². The number of hydrogen-bond donors (Lipinski definition) is 2. The number of pyridine rings is 1. The monoisotopic (exact) mass is 627 g/mol. The number of fused-ring (bicyclic) bond motifs is 9. The lowest BCUT2D eigenvalue weighted by Gasteiger charge is -2.05. The molecule has 1 aliphatic heterocycles. The third kappa shape index (κ3) is 4.80. The van der Waals surface area contributed by atoms with E-state index in [0.29, 0.717) is 17.5 Å². The van der Waals surface area contributed by atoms with Crippen LogP contribution in [-0.4, -0.2) is 51.1 Å². The van der Waals surface area contributed by atoms with E-state index in [4.69, 9.17) is 19.4 Å². The topological polar surface area (TPSA) is 123 Å². The van der Waals surface area contributed by atoms with Gasteiger partial charge in [0, 0.05) is 44.6 Å². The molecule has 0 spiro atoms. The second-order valence-electron chi connectivity index (χ2n) is 12.2. The molecule has 47 heavy (non-hydrogen) atoms.